The Kier molecular flexibility index (Phi) is 4.22. The zero-order valence-corrected chi connectivity index (χ0v) is 11.8. The Morgan fingerprint density at radius 1 is 1.35 bits per heavy atom. The van der Waals surface area contributed by atoms with E-state index in [0.717, 1.165) is 5.56 Å². The van der Waals surface area contributed by atoms with Crippen molar-refractivity contribution >= 4 is 23.2 Å². The quantitative estimate of drug-likeness (QED) is 0.699. The first-order valence-corrected chi connectivity index (χ1v) is 6.92. The second kappa shape index (κ2) is 5.49. The number of rotatable bonds is 3. The topological polar surface area (TPSA) is 9.23 Å². The van der Waals surface area contributed by atoms with Crippen LogP contribution in [0.1, 0.15) is 37.1 Å². The summed E-state index contributed by atoms with van der Waals surface area (Å²) in [4.78, 5) is 0. The molecule has 17 heavy (non-hydrogen) atoms. The van der Waals surface area contributed by atoms with E-state index in [9.17, 15) is 0 Å². The Bertz CT molecular complexity index is 392. The van der Waals surface area contributed by atoms with Crippen LogP contribution in [0.15, 0.2) is 18.2 Å². The molecular formula is C14H18Cl2O. The molecule has 0 N–H and O–H groups in total. The van der Waals surface area contributed by atoms with Gasteiger partial charge in [0.15, 0.2) is 0 Å². The lowest BCUT2D eigenvalue weighted by Gasteiger charge is -2.22. The highest BCUT2D eigenvalue weighted by atomic mass is 35.5. The van der Waals surface area contributed by atoms with E-state index in [-0.39, 0.29) is 5.38 Å². The summed E-state index contributed by atoms with van der Waals surface area (Å²) in [6, 6.07) is 5.85. The van der Waals surface area contributed by atoms with Crippen molar-refractivity contribution < 1.29 is 4.74 Å². The van der Waals surface area contributed by atoms with Crippen LogP contribution >= 0.6 is 23.2 Å². The molecule has 0 saturated heterocycles. The van der Waals surface area contributed by atoms with Gasteiger partial charge in [0, 0.05) is 0 Å². The normalized spacial score (nSPS) is 25.9. The molecule has 3 atom stereocenters. The van der Waals surface area contributed by atoms with Gasteiger partial charge in [-0.25, -0.2) is 0 Å². The van der Waals surface area contributed by atoms with Crippen LogP contribution in [0.5, 0.6) is 5.75 Å². The molecule has 1 fully saturated rings. The van der Waals surface area contributed by atoms with Crippen molar-refractivity contribution in [3.63, 3.8) is 0 Å². The van der Waals surface area contributed by atoms with Crippen molar-refractivity contribution in [3.05, 3.63) is 28.8 Å². The Morgan fingerprint density at radius 3 is 2.65 bits per heavy atom. The molecule has 0 aromatic heterocycles. The summed E-state index contributed by atoms with van der Waals surface area (Å²) in [7, 11) is 1.62. The molecular weight excluding hydrogens is 255 g/mol. The average molecular weight is 273 g/mol. The second-order valence-corrected chi connectivity index (χ2v) is 5.75. The molecule has 1 aromatic rings. The Hall–Kier alpha value is -0.400. The van der Waals surface area contributed by atoms with Crippen molar-refractivity contribution in [2.24, 2.45) is 11.8 Å². The van der Waals surface area contributed by atoms with Gasteiger partial charge >= 0.3 is 0 Å². The zero-order chi connectivity index (χ0) is 12.4. The molecule has 1 aromatic carbocycles. The van der Waals surface area contributed by atoms with Gasteiger partial charge in [0.2, 0.25) is 0 Å². The summed E-state index contributed by atoms with van der Waals surface area (Å²) in [6.45, 7) is 2.29. The number of alkyl halides is 1. The van der Waals surface area contributed by atoms with E-state index >= 15 is 0 Å². The van der Waals surface area contributed by atoms with E-state index in [1.807, 2.05) is 18.2 Å². The molecule has 0 heterocycles. The SMILES string of the molecule is COc1ccc(C(Cl)C2CCCC2C)cc1Cl. The first-order chi connectivity index (χ1) is 8.13. The minimum Gasteiger partial charge on any atom is -0.495 e. The highest BCUT2D eigenvalue weighted by Gasteiger charge is 2.30. The molecule has 3 heteroatoms. The van der Waals surface area contributed by atoms with Crippen molar-refractivity contribution in [1.29, 1.82) is 0 Å². The van der Waals surface area contributed by atoms with Crippen LogP contribution in [0.3, 0.4) is 0 Å². The van der Waals surface area contributed by atoms with Crippen molar-refractivity contribution in [3.8, 4) is 5.75 Å². The summed E-state index contributed by atoms with van der Waals surface area (Å²) >= 11 is 12.7. The smallest absolute Gasteiger partial charge is 0.137 e. The number of benzene rings is 1. The zero-order valence-electron chi connectivity index (χ0n) is 10.2. The lowest BCUT2D eigenvalue weighted by atomic mass is 9.90. The third-order valence-electron chi connectivity index (χ3n) is 3.80. The van der Waals surface area contributed by atoms with Gasteiger partial charge in [0.05, 0.1) is 17.5 Å². The predicted octanol–water partition coefficient (Wildman–Crippen LogP) is 5.06. The largest absolute Gasteiger partial charge is 0.495 e. The van der Waals surface area contributed by atoms with Crippen LogP contribution in [0.4, 0.5) is 0 Å². The molecule has 1 saturated carbocycles. The summed E-state index contributed by atoms with van der Waals surface area (Å²) in [6.07, 6.45) is 3.80. The summed E-state index contributed by atoms with van der Waals surface area (Å²) in [5.41, 5.74) is 1.11. The van der Waals surface area contributed by atoms with Crippen LogP contribution in [0, 0.1) is 11.8 Å². The van der Waals surface area contributed by atoms with E-state index in [4.69, 9.17) is 27.9 Å². The van der Waals surface area contributed by atoms with Gasteiger partial charge < -0.3 is 4.74 Å². The number of hydrogen-bond donors (Lipinski definition) is 0. The maximum absolute atomic E-state index is 6.58. The lowest BCUT2D eigenvalue weighted by molar-refractivity contribution is 0.403. The van der Waals surface area contributed by atoms with Crippen LogP contribution in [0.25, 0.3) is 0 Å². The van der Waals surface area contributed by atoms with E-state index in [0.29, 0.717) is 22.6 Å². The van der Waals surface area contributed by atoms with Gasteiger partial charge in [-0.2, -0.15) is 0 Å². The second-order valence-electron chi connectivity index (χ2n) is 4.87. The van der Waals surface area contributed by atoms with Gasteiger partial charge in [0.1, 0.15) is 5.75 Å². The molecule has 0 amide bonds. The van der Waals surface area contributed by atoms with Gasteiger partial charge in [-0.15, -0.1) is 11.6 Å². The van der Waals surface area contributed by atoms with Crippen LogP contribution in [0.2, 0.25) is 5.02 Å². The third-order valence-corrected chi connectivity index (χ3v) is 4.67. The fourth-order valence-corrected chi connectivity index (χ4v) is 3.49. The highest BCUT2D eigenvalue weighted by molar-refractivity contribution is 6.32. The maximum Gasteiger partial charge on any atom is 0.137 e. The van der Waals surface area contributed by atoms with Gasteiger partial charge in [-0.3, -0.25) is 0 Å². The monoisotopic (exact) mass is 272 g/mol. The Morgan fingerprint density at radius 2 is 2.12 bits per heavy atom. The van der Waals surface area contributed by atoms with E-state index < -0.39 is 0 Å². The van der Waals surface area contributed by atoms with E-state index in [1.165, 1.54) is 19.3 Å². The summed E-state index contributed by atoms with van der Waals surface area (Å²) < 4.78 is 5.15. The molecule has 3 unspecified atom stereocenters. The van der Waals surface area contributed by atoms with Crippen LogP contribution in [-0.4, -0.2) is 7.11 Å². The number of methoxy groups -OCH3 is 1. The van der Waals surface area contributed by atoms with Crippen molar-refractivity contribution in [1.82, 2.24) is 0 Å². The van der Waals surface area contributed by atoms with E-state index in [2.05, 4.69) is 6.92 Å². The highest BCUT2D eigenvalue weighted by Crippen LogP contribution is 2.44. The summed E-state index contributed by atoms with van der Waals surface area (Å²) in [5, 5.41) is 0.706. The van der Waals surface area contributed by atoms with Gasteiger partial charge in [0.25, 0.3) is 0 Å². The molecule has 0 radical (unpaired) electrons. The molecule has 0 aliphatic heterocycles. The molecule has 1 nitrogen and oxygen atoms in total. The first-order valence-electron chi connectivity index (χ1n) is 6.11. The Balaban J connectivity index is 2.19. The minimum absolute atomic E-state index is 0.0657. The van der Waals surface area contributed by atoms with Crippen molar-refractivity contribution in [2.45, 2.75) is 31.6 Å². The molecule has 2 rings (SSSR count). The van der Waals surface area contributed by atoms with Crippen LogP contribution in [-0.2, 0) is 0 Å². The fraction of sp³-hybridized carbons (Fsp3) is 0.571. The van der Waals surface area contributed by atoms with Gasteiger partial charge in [-0.1, -0.05) is 37.4 Å². The lowest BCUT2D eigenvalue weighted by Crippen LogP contribution is -2.10. The Labute approximate surface area is 113 Å². The molecule has 0 bridgehead atoms. The maximum atomic E-state index is 6.58. The first kappa shape index (κ1) is 13.0. The molecule has 0 spiro atoms. The van der Waals surface area contributed by atoms with Crippen molar-refractivity contribution in [2.75, 3.05) is 7.11 Å². The molecule has 1 aliphatic carbocycles. The number of ether oxygens (including phenoxy) is 1. The fourth-order valence-electron chi connectivity index (χ4n) is 2.71. The predicted molar refractivity (Wildman–Crippen MR) is 73.1 cm³/mol. The minimum atomic E-state index is 0.0657. The summed E-state index contributed by atoms with van der Waals surface area (Å²) in [5.74, 6) is 1.98. The molecule has 94 valence electrons. The van der Waals surface area contributed by atoms with E-state index in [1.54, 1.807) is 7.11 Å². The number of halogens is 2. The van der Waals surface area contributed by atoms with Crippen LogP contribution < -0.4 is 4.74 Å². The standard InChI is InChI=1S/C14H18Cl2O/c1-9-4-3-5-11(9)14(16)10-6-7-13(17-2)12(15)8-10/h6-9,11,14H,3-5H2,1-2H3. The van der Waals surface area contributed by atoms with Gasteiger partial charge in [-0.05, 0) is 36.0 Å². The number of hydrogen-bond acceptors (Lipinski definition) is 1. The molecule has 1 aliphatic rings. The average Bonchev–Trinajstić information content (AvgIpc) is 2.74. The third kappa shape index (κ3) is 2.71.